The van der Waals surface area contributed by atoms with Crippen LogP contribution in [0.3, 0.4) is 0 Å². The van der Waals surface area contributed by atoms with Gasteiger partial charge in [0.25, 0.3) is 0 Å². The predicted molar refractivity (Wildman–Crippen MR) is 113 cm³/mol. The third-order valence-corrected chi connectivity index (χ3v) is 6.42. The molecule has 2 aromatic rings. The molecule has 0 spiro atoms. The van der Waals surface area contributed by atoms with Gasteiger partial charge in [0.15, 0.2) is 0 Å². The van der Waals surface area contributed by atoms with Crippen LogP contribution in [0.5, 0.6) is 0 Å². The molecule has 7 heteroatoms. The molecule has 0 fully saturated rings. The van der Waals surface area contributed by atoms with E-state index in [1.807, 2.05) is 30.3 Å². The number of aromatic carboxylic acids is 1. The summed E-state index contributed by atoms with van der Waals surface area (Å²) >= 11 is 0. The van der Waals surface area contributed by atoms with Crippen LogP contribution in [0.25, 0.3) is 11.1 Å². The number of carboxylic acids is 1. The summed E-state index contributed by atoms with van der Waals surface area (Å²) in [7, 11) is -1.63. The summed E-state index contributed by atoms with van der Waals surface area (Å²) in [6.45, 7) is 2.84. The fraction of sp³-hybridized carbons (Fsp3) is 0.409. The molecule has 0 aromatic heterocycles. The molecule has 0 aliphatic carbocycles. The molecule has 0 heterocycles. The zero-order chi connectivity index (χ0) is 21.1. The number of carboxylic acid groups (broad SMARTS) is 1. The average Bonchev–Trinajstić information content (AvgIpc) is 2.73. The summed E-state index contributed by atoms with van der Waals surface area (Å²) in [5.41, 5.74) is 2.55. The van der Waals surface area contributed by atoms with Crippen molar-refractivity contribution in [3.63, 3.8) is 0 Å². The van der Waals surface area contributed by atoms with Gasteiger partial charge in [-0.2, -0.15) is 0 Å². The van der Waals surface area contributed by atoms with Gasteiger partial charge in [0.05, 0.1) is 31.5 Å². The fourth-order valence-electron chi connectivity index (χ4n) is 2.86. The molecule has 0 radical (unpaired) electrons. The quantitative estimate of drug-likeness (QED) is 0.335. The van der Waals surface area contributed by atoms with Gasteiger partial charge < -0.3 is 18.9 Å². The summed E-state index contributed by atoms with van der Waals surface area (Å²) < 4.78 is 29.2. The average molecular weight is 420 g/mol. The minimum Gasteiger partial charge on any atom is -0.478 e. The molecular weight excluding hydrogens is 391 g/mol. The summed E-state index contributed by atoms with van der Waals surface area (Å²) in [4.78, 5) is 11.4. The van der Waals surface area contributed by atoms with E-state index in [-0.39, 0.29) is 18.8 Å². The molecule has 0 bridgehead atoms. The number of rotatable bonds is 13. The highest BCUT2D eigenvalue weighted by Crippen LogP contribution is 2.49. The van der Waals surface area contributed by atoms with Crippen molar-refractivity contribution in [1.29, 1.82) is 0 Å². The Labute approximate surface area is 172 Å². The zero-order valence-corrected chi connectivity index (χ0v) is 17.9. The molecule has 0 aliphatic rings. The van der Waals surface area contributed by atoms with E-state index in [0.717, 1.165) is 30.4 Å². The minimum atomic E-state index is -3.19. The Morgan fingerprint density at radius 3 is 2.38 bits per heavy atom. The Bertz CT molecular complexity index is 804. The van der Waals surface area contributed by atoms with Crippen molar-refractivity contribution < 1.29 is 28.3 Å². The van der Waals surface area contributed by atoms with E-state index in [1.54, 1.807) is 25.3 Å². The predicted octanol–water partition coefficient (Wildman–Crippen LogP) is 5.61. The lowest BCUT2D eigenvalue weighted by molar-refractivity contribution is 0.0697. The summed E-state index contributed by atoms with van der Waals surface area (Å²) in [5, 5.41) is 9.36. The van der Waals surface area contributed by atoms with Gasteiger partial charge in [0.1, 0.15) is 0 Å². The Balaban J connectivity index is 2.05. The van der Waals surface area contributed by atoms with Crippen molar-refractivity contribution >= 4 is 13.6 Å². The first-order valence-corrected chi connectivity index (χ1v) is 11.5. The molecule has 2 rings (SSSR count). The number of unbranched alkanes of at least 4 members (excludes halogenated alkanes) is 2. The number of ether oxygens (including phenoxy) is 1. The normalized spacial score (nSPS) is 13.2. The SMILES string of the molecule is CCCCCP(=O)(OCCOC)OCc1ccc(-c2ccccc2C(=O)O)cc1. The van der Waals surface area contributed by atoms with Crippen LogP contribution in [0.4, 0.5) is 0 Å². The number of methoxy groups -OCH3 is 1. The number of carbonyl (C=O) groups is 1. The second-order valence-electron chi connectivity index (χ2n) is 6.69. The molecule has 1 unspecified atom stereocenters. The first-order chi connectivity index (χ1) is 14.0. The molecule has 0 amide bonds. The molecule has 0 saturated heterocycles. The van der Waals surface area contributed by atoms with Crippen molar-refractivity contribution in [3.05, 3.63) is 59.7 Å². The molecule has 2 aromatic carbocycles. The van der Waals surface area contributed by atoms with Gasteiger partial charge in [-0.15, -0.1) is 0 Å². The molecular formula is C22H29O6P. The van der Waals surface area contributed by atoms with E-state index in [2.05, 4.69) is 6.92 Å². The van der Waals surface area contributed by atoms with Crippen LogP contribution < -0.4 is 0 Å². The third-order valence-electron chi connectivity index (χ3n) is 4.46. The highest BCUT2D eigenvalue weighted by atomic mass is 31.2. The van der Waals surface area contributed by atoms with Crippen LogP contribution in [0.2, 0.25) is 0 Å². The summed E-state index contributed by atoms with van der Waals surface area (Å²) in [6.07, 6.45) is 3.16. The largest absolute Gasteiger partial charge is 0.478 e. The van der Waals surface area contributed by atoms with E-state index in [9.17, 15) is 14.5 Å². The maximum Gasteiger partial charge on any atom is 0.336 e. The van der Waals surface area contributed by atoms with Crippen LogP contribution >= 0.6 is 7.60 Å². The van der Waals surface area contributed by atoms with Gasteiger partial charge in [-0.05, 0) is 29.2 Å². The molecule has 1 atom stereocenters. The van der Waals surface area contributed by atoms with Crippen LogP contribution in [-0.4, -0.2) is 37.6 Å². The lowest BCUT2D eigenvalue weighted by Crippen LogP contribution is -2.06. The summed E-state index contributed by atoms with van der Waals surface area (Å²) in [5.74, 6) is -0.964. The number of hydrogen-bond donors (Lipinski definition) is 1. The minimum absolute atomic E-state index is 0.164. The van der Waals surface area contributed by atoms with Crippen molar-refractivity contribution in [2.24, 2.45) is 0 Å². The lowest BCUT2D eigenvalue weighted by atomic mass is 9.99. The van der Waals surface area contributed by atoms with Gasteiger partial charge >= 0.3 is 13.6 Å². The molecule has 29 heavy (non-hydrogen) atoms. The number of hydrogen-bond acceptors (Lipinski definition) is 5. The van der Waals surface area contributed by atoms with Gasteiger partial charge in [0.2, 0.25) is 0 Å². The van der Waals surface area contributed by atoms with E-state index >= 15 is 0 Å². The Hall–Kier alpha value is -1.98. The monoisotopic (exact) mass is 420 g/mol. The zero-order valence-electron chi connectivity index (χ0n) is 17.0. The van der Waals surface area contributed by atoms with Crippen molar-refractivity contribution in [3.8, 4) is 11.1 Å². The second-order valence-corrected chi connectivity index (χ2v) is 8.87. The van der Waals surface area contributed by atoms with Crippen molar-refractivity contribution in [2.75, 3.05) is 26.5 Å². The summed E-state index contributed by atoms with van der Waals surface area (Å²) in [6, 6.07) is 14.2. The first-order valence-electron chi connectivity index (χ1n) is 9.78. The van der Waals surface area contributed by atoms with Crippen LogP contribution in [0.1, 0.15) is 42.1 Å². The topological polar surface area (TPSA) is 82.1 Å². The maximum atomic E-state index is 13.0. The maximum absolute atomic E-state index is 13.0. The molecule has 1 N–H and O–H groups in total. The van der Waals surface area contributed by atoms with Crippen molar-refractivity contribution in [1.82, 2.24) is 0 Å². The molecule has 0 aliphatic heterocycles. The third kappa shape index (κ3) is 7.41. The fourth-order valence-corrected chi connectivity index (χ4v) is 4.50. The smallest absolute Gasteiger partial charge is 0.336 e. The van der Waals surface area contributed by atoms with Crippen LogP contribution in [0, 0.1) is 0 Å². The Morgan fingerprint density at radius 2 is 1.72 bits per heavy atom. The lowest BCUT2D eigenvalue weighted by Gasteiger charge is -2.18. The van der Waals surface area contributed by atoms with Gasteiger partial charge in [-0.3, -0.25) is 4.57 Å². The van der Waals surface area contributed by atoms with E-state index in [1.165, 1.54) is 0 Å². The van der Waals surface area contributed by atoms with E-state index in [4.69, 9.17) is 13.8 Å². The second kappa shape index (κ2) is 11.9. The molecule has 158 valence electrons. The van der Waals surface area contributed by atoms with Gasteiger partial charge in [0, 0.05) is 7.11 Å². The highest BCUT2D eigenvalue weighted by Gasteiger charge is 2.24. The van der Waals surface area contributed by atoms with Gasteiger partial charge in [-0.1, -0.05) is 62.2 Å². The Morgan fingerprint density at radius 1 is 1.00 bits per heavy atom. The first kappa shape index (κ1) is 23.3. The van der Waals surface area contributed by atoms with Gasteiger partial charge in [-0.25, -0.2) is 4.79 Å². The van der Waals surface area contributed by atoms with Crippen LogP contribution in [0.15, 0.2) is 48.5 Å². The van der Waals surface area contributed by atoms with E-state index < -0.39 is 13.6 Å². The molecule has 6 nitrogen and oxygen atoms in total. The van der Waals surface area contributed by atoms with Crippen molar-refractivity contribution in [2.45, 2.75) is 32.8 Å². The number of benzene rings is 2. The van der Waals surface area contributed by atoms with Crippen LogP contribution in [-0.2, 0) is 25.0 Å². The Kier molecular flexibility index (Phi) is 9.55. The highest BCUT2D eigenvalue weighted by molar-refractivity contribution is 7.53. The standard InChI is InChI=1S/C22H29O6P/c1-3-4-7-16-29(25,27-15-14-26-2)28-17-18-10-12-19(13-11-18)20-8-5-6-9-21(20)22(23)24/h5-6,8-13H,3-4,7,14-17H2,1-2H3,(H,23,24). The molecule has 0 saturated carbocycles. The van der Waals surface area contributed by atoms with E-state index in [0.29, 0.717) is 18.3 Å².